The number of phosphoric acid groups is 1. The Morgan fingerprint density at radius 2 is 1.44 bits per heavy atom. The van der Waals surface area contributed by atoms with Gasteiger partial charge in [0.1, 0.15) is 25.4 Å². The molecular formula is C22H43NO8P+. The van der Waals surface area contributed by atoms with Crippen molar-refractivity contribution in [1.29, 1.82) is 0 Å². The SMILES string of the molecule is CCCCCC(=O)O[C@@H]1[C@@H](OP(=O)(O)OCC[N+](C)(C)C)CC[C@H]1OC(=O)CCCCC. The van der Waals surface area contributed by atoms with Gasteiger partial charge < -0.3 is 18.9 Å². The van der Waals surface area contributed by atoms with Crippen LogP contribution >= 0.6 is 7.82 Å². The number of carbonyl (C=O) groups excluding carboxylic acids is 2. The molecule has 4 atom stereocenters. The van der Waals surface area contributed by atoms with Crippen LogP contribution in [0.4, 0.5) is 0 Å². The lowest BCUT2D eigenvalue weighted by Crippen LogP contribution is -2.38. The van der Waals surface area contributed by atoms with Crippen LogP contribution in [-0.4, -0.2) is 73.9 Å². The molecule has 32 heavy (non-hydrogen) atoms. The summed E-state index contributed by atoms with van der Waals surface area (Å²) in [6.07, 6.45) is 3.96. The van der Waals surface area contributed by atoms with Crippen LogP contribution < -0.4 is 0 Å². The summed E-state index contributed by atoms with van der Waals surface area (Å²) < 4.78 is 34.6. The fourth-order valence-electron chi connectivity index (χ4n) is 3.40. The van der Waals surface area contributed by atoms with E-state index < -0.39 is 32.1 Å². The number of rotatable bonds is 16. The lowest BCUT2D eigenvalue weighted by molar-refractivity contribution is -0.870. The van der Waals surface area contributed by atoms with E-state index in [9.17, 15) is 19.0 Å². The molecule has 0 aromatic rings. The number of phosphoric ester groups is 1. The molecule has 1 saturated carbocycles. The van der Waals surface area contributed by atoms with Gasteiger partial charge >= 0.3 is 19.8 Å². The molecule has 9 nitrogen and oxygen atoms in total. The van der Waals surface area contributed by atoms with Crippen LogP contribution in [0.25, 0.3) is 0 Å². The Bertz CT molecular complexity index is 622. The molecular weight excluding hydrogens is 437 g/mol. The van der Waals surface area contributed by atoms with Gasteiger partial charge in [0.25, 0.3) is 0 Å². The van der Waals surface area contributed by atoms with Gasteiger partial charge in [-0.2, -0.15) is 0 Å². The number of likely N-dealkylation sites (N-methyl/N-ethyl adjacent to an activating group) is 1. The van der Waals surface area contributed by atoms with Crippen LogP contribution in [0.3, 0.4) is 0 Å². The number of nitrogens with zero attached hydrogens (tertiary/aromatic N) is 1. The van der Waals surface area contributed by atoms with Gasteiger partial charge in [0.05, 0.1) is 21.1 Å². The van der Waals surface area contributed by atoms with Crippen molar-refractivity contribution < 1.29 is 42.1 Å². The van der Waals surface area contributed by atoms with E-state index in [4.69, 9.17) is 18.5 Å². The molecule has 0 bridgehead atoms. The van der Waals surface area contributed by atoms with Crippen molar-refractivity contribution in [3.63, 3.8) is 0 Å². The van der Waals surface area contributed by atoms with E-state index in [0.29, 0.717) is 36.7 Å². The third kappa shape index (κ3) is 12.3. The molecule has 0 aromatic carbocycles. The summed E-state index contributed by atoms with van der Waals surface area (Å²) in [7, 11) is 1.47. The number of unbranched alkanes of at least 4 members (excludes halogenated alkanes) is 4. The first-order valence-corrected chi connectivity index (χ1v) is 13.3. The largest absolute Gasteiger partial charge is 0.472 e. The molecule has 0 saturated heterocycles. The molecule has 1 aliphatic rings. The quantitative estimate of drug-likeness (QED) is 0.153. The number of hydrogen-bond acceptors (Lipinski definition) is 7. The van der Waals surface area contributed by atoms with E-state index in [1.54, 1.807) is 0 Å². The predicted molar refractivity (Wildman–Crippen MR) is 121 cm³/mol. The lowest BCUT2D eigenvalue weighted by atomic mass is 10.2. The zero-order chi connectivity index (χ0) is 24.2. The molecule has 1 N–H and O–H groups in total. The highest BCUT2D eigenvalue weighted by Gasteiger charge is 2.45. The summed E-state index contributed by atoms with van der Waals surface area (Å²) in [6, 6.07) is 0. The average Bonchev–Trinajstić information content (AvgIpc) is 3.01. The highest BCUT2D eigenvalue weighted by atomic mass is 31.2. The molecule has 1 rings (SSSR count). The fraction of sp³-hybridized carbons (Fsp3) is 0.909. The summed E-state index contributed by atoms with van der Waals surface area (Å²) in [4.78, 5) is 34.7. The monoisotopic (exact) mass is 480 g/mol. The molecule has 0 aliphatic heterocycles. The van der Waals surface area contributed by atoms with Gasteiger partial charge in [0.15, 0.2) is 6.10 Å². The molecule has 1 fully saturated rings. The summed E-state index contributed by atoms with van der Waals surface area (Å²) in [5, 5.41) is 0. The zero-order valence-electron chi connectivity index (χ0n) is 20.4. The molecule has 0 radical (unpaired) electrons. The van der Waals surface area contributed by atoms with Crippen LogP contribution in [0, 0.1) is 0 Å². The summed E-state index contributed by atoms with van der Waals surface area (Å²) >= 11 is 0. The molecule has 0 heterocycles. The van der Waals surface area contributed by atoms with Crippen molar-refractivity contribution >= 4 is 19.8 Å². The summed E-state index contributed by atoms with van der Waals surface area (Å²) in [5.41, 5.74) is 0. The van der Waals surface area contributed by atoms with Gasteiger partial charge in [-0.1, -0.05) is 39.5 Å². The molecule has 0 aromatic heterocycles. The topological polar surface area (TPSA) is 108 Å². The van der Waals surface area contributed by atoms with Crippen LogP contribution in [-0.2, 0) is 32.7 Å². The van der Waals surface area contributed by atoms with E-state index in [1.165, 1.54) is 0 Å². The fourth-order valence-corrected chi connectivity index (χ4v) is 4.34. The van der Waals surface area contributed by atoms with Crippen molar-refractivity contribution in [2.75, 3.05) is 34.3 Å². The maximum atomic E-state index is 12.5. The van der Waals surface area contributed by atoms with E-state index >= 15 is 0 Å². The van der Waals surface area contributed by atoms with Crippen molar-refractivity contribution in [3.05, 3.63) is 0 Å². The Labute approximate surface area is 192 Å². The maximum Gasteiger partial charge on any atom is 0.472 e. The Morgan fingerprint density at radius 3 is 1.97 bits per heavy atom. The molecule has 10 heteroatoms. The first kappa shape index (κ1) is 29.0. The second-order valence-corrected chi connectivity index (χ2v) is 10.8. The highest BCUT2D eigenvalue weighted by Crippen LogP contribution is 2.48. The highest BCUT2D eigenvalue weighted by molar-refractivity contribution is 7.47. The van der Waals surface area contributed by atoms with Crippen LogP contribution in [0.2, 0.25) is 0 Å². The van der Waals surface area contributed by atoms with Gasteiger partial charge in [0, 0.05) is 12.8 Å². The molecule has 0 amide bonds. The van der Waals surface area contributed by atoms with Crippen molar-refractivity contribution in [2.24, 2.45) is 0 Å². The van der Waals surface area contributed by atoms with E-state index in [-0.39, 0.29) is 19.0 Å². The Hall–Kier alpha value is -0.990. The van der Waals surface area contributed by atoms with E-state index in [0.717, 1.165) is 32.1 Å². The molecule has 0 spiro atoms. The normalized spacial score (nSPS) is 23.0. The summed E-state index contributed by atoms with van der Waals surface area (Å²) in [6.45, 7) is 4.65. The number of carbonyl (C=O) groups is 2. The van der Waals surface area contributed by atoms with Crippen LogP contribution in [0.5, 0.6) is 0 Å². The second kappa shape index (κ2) is 14.3. The Balaban J connectivity index is 2.75. The van der Waals surface area contributed by atoms with E-state index in [1.807, 2.05) is 35.0 Å². The minimum atomic E-state index is -4.36. The maximum absolute atomic E-state index is 12.5. The van der Waals surface area contributed by atoms with Gasteiger partial charge in [-0.3, -0.25) is 18.6 Å². The zero-order valence-corrected chi connectivity index (χ0v) is 21.3. The van der Waals surface area contributed by atoms with Crippen molar-refractivity contribution in [3.8, 4) is 0 Å². The Morgan fingerprint density at radius 1 is 0.906 bits per heavy atom. The second-order valence-electron chi connectivity index (χ2n) is 9.43. The number of quaternary nitrogens is 1. The minimum Gasteiger partial charge on any atom is -0.458 e. The van der Waals surface area contributed by atoms with Gasteiger partial charge in [-0.15, -0.1) is 0 Å². The molecule has 1 unspecified atom stereocenters. The van der Waals surface area contributed by atoms with Gasteiger partial charge in [-0.25, -0.2) is 4.57 Å². The first-order chi connectivity index (χ1) is 15.0. The predicted octanol–water partition coefficient (Wildman–Crippen LogP) is 3.97. The standard InChI is InChI=1S/C22H42NO8P/c1-6-8-10-12-20(24)29-18-14-15-19(22(18)30-21(25)13-11-9-7-2)31-32(26,27)28-17-16-23(3,4)5/h18-19,22H,6-17H2,1-5H3/p+1/t18-,19+,22+/m1/s1. The number of ether oxygens (including phenoxy) is 2. The smallest absolute Gasteiger partial charge is 0.458 e. The van der Waals surface area contributed by atoms with E-state index in [2.05, 4.69) is 0 Å². The molecule has 1 aliphatic carbocycles. The van der Waals surface area contributed by atoms with Crippen LogP contribution in [0.15, 0.2) is 0 Å². The van der Waals surface area contributed by atoms with Crippen molar-refractivity contribution in [1.82, 2.24) is 0 Å². The third-order valence-electron chi connectivity index (χ3n) is 5.27. The third-order valence-corrected chi connectivity index (χ3v) is 6.32. The minimum absolute atomic E-state index is 0.0430. The van der Waals surface area contributed by atoms with Gasteiger partial charge in [-0.05, 0) is 25.7 Å². The van der Waals surface area contributed by atoms with Gasteiger partial charge in [0.2, 0.25) is 0 Å². The van der Waals surface area contributed by atoms with Crippen molar-refractivity contribution in [2.45, 2.75) is 96.4 Å². The average molecular weight is 481 g/mol. The Kier molecular flexibility index (Phi) is 13.0. The number of hydrogen-bond donors (Lipinski definition) is 1. The number of esters is 2. The first-order valence-electron chi connectivity index (χ1n) is 11.8. The molecule has 188 valence electrons. The summed E-state index contributed by atoms with van der Waals surface area (Å²) in [5.74, 6) is -0.785. The van der Waals surface area contributed by atoms with Crippen LogP contribution in [0.1, 0.15) is 78.1 Å². The lowest BCUT2D eigenvalue weighted by Gasteiger charge is -2.27.